The molecule has 1 fully saturated rings. The standard InChI is InChI=1S/C48H52N6O8/c1-53(45(58)23-26-54-24-21-35(22-25-54)62-48(60)51-39-14-7-6-13-36(39)32-9-4-3-5-10-32)34-12-8-11-33(28-34)47(59)50-40-18-15-31(27-43(40)61-2)29-49-30-42(56)37-16-19-41(55)46-38(37)17-20-44(57)52-46/h3-20,27-28,35,42,44,49,52,55-57H,21-26,29-30H2,1-2H3,(H,50,59)(H,51,60)/t42-,44?/m0/s1. The number of rotatable bonds is 15. The summed E-state index contributed by atoms with van der Waals surface area (Å²) in [6.45, 7) is 2.56. The minimum Gasteiger partial charge on any atom is -0.506 e. The van der Waals surface area contributed by atoms with Gasteiger partial charge >= 0.3 is 6.09 Å². The molecule has 0 spiro atoms. The number of aromatic hydroxyl groups is 1. The number of anilines is 4. The van der Waals surface area contributed by atoms with Crippen molar-refractivity contribution in [2.24, 2.45) is 0 Å². The van der Waals surface area contributed by atoms with Crippen LogP contribution in [0.2, 0.25) is 0 Å². The number of para-hydroxylation sites is 1. The van der Waals surface area contributed by atoms with Crippen molar-refractivity contribution in [2.45, 2.75) is 44.2 Å². The molecule has 62 heavy (non-hydrogen) atoms. The van der Waals surface area contributed by atoms with Gasteiger partial charge in [0.15, 0.2) is 0 Å². The summed E-state index contributed by atoms with van der Waals surface area (Å²) < 4.78 is 11.4. The van der Waals surface area contributed by atoms with Crippen LogP contribution < -0.4 is 30.9 Å². The molecule has 2 atom stereocenters. The highest BCUT2D eigenvalue weighted by Gasteiger charge is 2.25. The highest BCUT2D eigenvalue weighted by atomic mass is 16.6. The fourth-order valence-corrected chi connectivity index (χ4v) is 7.66. The minimum atomic E-state index is -0.927. The molecule has 3 amide bonds. The molecule has 0 bridgehead atoms. The number of methoxy groups -OCH3 is 1. The van der Waals surface area contributed by atoms with Crippen LogP contribution >= 0.6 is 0 Å². The van der Waals surface area contributed by atoms with Crippen molar-refractivity contribution in [2.75, 3.05) is 61.2 Å². The monoisotopic (exact) mass is 840 g/mol. The fraction of sp³-hybridized carbons (Fsp3) is 0.271. The number of phenols is 1. The Kier molecular flexibility index (Phi) is 14.2. The van der Waals surface area contributed by atoms with Crippen molar-refractivity contribution in [3.63, 3.8) is 0 Å². The molecule has 7 rings (SSSR count). The van der Waals surface area contributed by atoms with Crippen LogP contribution in [0.5, 0.6) is 11.5 Å². The molecule has 0 aliphatic carbocycles. The van der Waals surface area contributed by atoms with E-state index in [4.69, 9.17) is 9.47 Å². The van der Waals surface area contributed by atoms with E-state index < -0.39 is 18.4 Å². The number of ether oxygens (including phenoxy) is 2. The number of likely N-dealkylation sites (tertiary alicyclic amines) is 1. The van der Waals surface area contributed by atoms with Crippen LogP contribution in [0.15, 0.2) is 115 Å². The molecule has 14 heteroatoms. The molecule has 7 N–H and O–H groups in total. The van der Waals surface area contributed by atoms with Crippen molar-refractivity contribution in [1.29, 1.82) is 0 Å². The number of benzene rings is 5. The van der Waals surface area contributed by atoms with E-state index in [2.05, 4.69) is 26.2 Å². The van der Waals surface area contributed by atoms with Gasteiger partial charge in [-0.1, -0.05) is 72.8 Å². The Morgan fingerprint density at radius 3 is 2.47 bits per heavy atom. The van der Waals surface area contributed by atoms with Crippen molar-refractivity contribution < 1.29 is 39.2 Å². The number of phenolic OH excluding ortho intramolecular Hbond substituents is 1. The maximum atomic E-state index is 13.4. The van der Waals surface area contributed by atoms with E-state index in [9.17, 15) is 29.7 Å². The Hall–Kier alpha value is -6.71. The fourth-order valence-electron chi connectivity index (χ4n) is 7.66. The van der Waals surface area contributed by atoms with E-state index in [-0.39, 0.29) is 36.6 Å². The summed E-state index contributed by atoms with van der Waals surface area (Å²) >= 11 is 0. The predicted molar refractivity (Wildman–Crippen MR) is 240 cm³/mol. The van der Waals surface area contributed by atoms with Crippen LogP contribution in [-0.2, 0) is 16.1 Å². The summed E-state index contributed by atoms with van der Waals surface area (Å²) in [5.74, 6) is -0.0252. The first-order valence-corrected chi connectivity index (χ1v) is 20.6. The Morgan fingerprint density at radius 1 is 0.903 bits per heavy atom. The average Bonchev–Trinajstić information content (AvgIpc) is 3.29. The zero-order chi connectivity index (χ0) is 43.6. The lowest BCUT2D eigenvalue weighted by Gasteiger charge is -2.31. The number of carbonyl (C=O) groups is 3. The van der Waals surface area contributed by atoms with Crippen LogP contribution in [0.3, 0.4) is 0 Å². The summed E-state index contributed by atoms with van der Waals surface area (Å²) in [7, 11) is 3.21. The van der Waals surface area contributed by atoms with Crippen molar-refractivity contribution in [3.8, 4) is 22.6 Å². The van der Waals surface area contributed by atoms with E-state index >= 15 is 0 Å². The van der Waals surface area contributed by atoms with Gasteiger partial charge in [0, 0.05) is 68.6 Å². The van der Waals surface area contributed by atoms with Crippen LogP contribution in [0, 0.1) is 0 Å². The number of hydrogen-bond donors (Lipinski definition) is 7. The molecule has 322 valence electrons. The zero-order valence-electron chi connectivity index (χ0n) is 34.7. The number of amides is 3. The molecule has 0 saturated carbocycles. The highest BCUT2D eigenvalue weighted by molar-refractivity contribution is 6.06. The molecule has 5 aromatic rings. The minimum absolute atomic E-state index is 0.0176. The maximum Gasteiger partial charge on any atom is 0.411 e. The summed E-state index contributed by atoms with van der Waals surface area (Å²) in [5, 5.41) is 42.9. The van der Waals surface area contributed by atoms with Crippen molar-refractivity contribution in [1.82, 2.24) is 10.2 Å². The summed E-state index contributed by atoms with van der Waals surface area (Å²) in [6.07, 6.45) is 2.30. The van der Waals surface area contributed by atoms with E-state index in [1.807, 2.05) is 60.7 Å². The topological polar surface area (TPSA) is 185 Å². The number of aliphatic hydroxyl groups excluding tert-OH is 2. The number of nitrogens with one attached hydrogen (secondary N) is 4. The predicted octanol–water partition coefficient (Wildman–Crippen LogP) is 6.97. The average molecular weight is 841 g/mol. The van der Waals surface area contributed by atoms with Crippen LogP contribution in [0.4, 0.5) is 27.5 Å². The van der Waals surface area contributed by atoms with Crippen molar-refractivity contribution in [3.05, 3.63) is 138 Å². The zero-order valence-corrected chi connectivity index (χ0v) is 34.7. The highest BCUT2D eigenvalue weighted by Crippen LogP contribution is 2.37. The van der Waals surface area contributed by atoms with Gasteiger partial charge in [-0.3, -0.25) is 14.9 Å². The second-order valence-corrected chi connectivity index (χ2v) is 15.3. The molecule has 0 radical (unpaired) electrons. The third kappa shape index (κ3) is 10.8. The van der Waals surface area contributed by atoms with Crippen LogP contribution in [-0.4, -0.2) is 90.8 Å². The lowest BCUT2D eigenvalue weighted by atomic mass is 9.97. The Labute approximate surface area is 360 Å². The summed E-state index contributed by atoms with van der Waals surface area (Å²) in [4.78, 5) is 43.3. The van der Waals surface area contributed by atoms with E-state index in [1.165, 1.54) is 13.2 Å². The van der Waals surface area contributed by atoms with Crippen molar-refractivity contribution >= 4 is 46.7 Å². The number of nitrogens with zero attached hydrogens (tertiary/aromatic N) is 2. The molecule has 1 saturated heterocycles. The van der Waals surface area contributed by atoms with E-state index in [0.717, 1.165) is 16.7 Å². The quantitative estimate of drug-likeness (QED) is 0.0541. The number of hydrogen-bond acceptors (Lipinski definition) is 11. The first kappa shape index (κ1) is 43.4. The lowest BCUT2D eigenvalue weighted by Crippen LogP contribution is -2.40. The van der Waals surface area contributed by atoms with Gasteiger partial charge in [0.1, 0.15) is 23.8 Å². The third-order valence-corrected chi connectivity index (χ3v) is 11.1. The number of carbonyl (C=O) groups excluding carboxylic acids is 3. The number of aliphatic hydroxyl groups is 2. The molecule has 0 aromatic heterocycles. The van der Waals surface area contributed by atoms with Gasteiger partial charge in [0.25, 0.3) is 5.91 Å². The third-order valence-electron chi connectivity index (χ3n) is 11.1. The second-order valence-electron chi connectivity index (χ2n) is 15.3. The van der Waals surface area contributed by atoms with Gasteiger partial charge in [-0.25, -0.2) is 4.79 Å². The molecule has 2 aliphatic rings. The van der Waals surface area contributed by atoms with Gasteiger partial charge in [-0.05, 0) is 78.1 Å². The van der Waals surface area contributed by atoms with Gasteiger partial charge in [-0.2, -0.15) is 0 Å². The van der Waals surface area contributed by atoms with Gasteiger partial charge in [-0.15, -0.1) is 0 Å². The lowest BCUT2D eigenvalue weighted by molar-refractivity contribution is -0.118. The maximum absolute atomic E-state index is 13.4. The molecular formula is C48H52N6O8. The molecule has 1 unspecified atom stereocenters. The number of fused-ring (bicyclic) bond motifs is 1. The molecule has 2 heterocycles. The van der Waals surface area contributed by atoms with E-state index in [1.54, 1.807) is 66.6 Å². The Balaban J connectivity index is 0.853. The van der Waals surface area contributed by atoms with Gasteiger partial charge in [0.05, 0.1) is 30.3 Å². The summed E-state index contributed by atoms with van der Waals surface area (Å²) in [5.41, 5.74) is 6.46. The Morgan fingerprint density at radius 2 is 1.68 bits per heavy atom. The largest absolute Gasteiger partial charge is 0.506 e. The number of piperidine rings is 1. The van der Waals surface area contributed by atoms with E-state index in [0.29, 0.717) is 84.2 Å². The van der Waals surface area contributed by atoms with Crippen LogP contribution in [0.25, 0.3) is 17.2 Å². The molecule has 14 nitrogen and oxygen atoms in total. The SMILES string of the molecule is COc1cc(CNC[C@H](O)c2ccc(O)c3c2C=CC(O)N3)ccc1NC(=O)c1cccc(N(C)C(=O)CCN2CCC(OC(=O)Nc3ccccc3-c3ccccc3)CC2)c1. The van der Waals surface area contributed by atoms with Crippen LogP contribution in [0.1, 0.15) is 52.4 Å². The second kappa shape index (κ2) is 20.2. The first-order valence-electron chi connectivity index (χ1n) is 20.6. The Bertz CT molecular complexity index is 2400. The molecule has 2 aliphatic heterocycles. The normalized spacial score (nSPS) is 15.5. The smallest absolute Gasteiger partial charge is 0.411 e. The first-order chi connectivity index (χ1) is 30.1. The molecular weight excluding hydrogens is 789 g/mol. The van der Waals surface area contributed by atoms with Gasteiger partial charge in [0.2, 0.25) is 5.91 Å². The molecule has 5 aromatic carbocycles. The van der Waals surface area contributed by atoms with Gasteiger partial charge < -0.3 is 50.5 Å². The summed E-state index contributed by atoms with van der Waals surface area (Å²) in [6, 6.07) is 32.9.